The molecule has 1 heterocycles. The smallest absolute Gasteiger partial charge is 0.305 e. The van der Waals surface area contributed by atoms with Crippen LogP contribution in [0.5, 0.6) is 0 Å². The van der Waals surface area contributed by atoms with E-state index in [9.17, 15) is 4.79 Å². The summed E-state index contributed by atoms with van der Waals surface area (Å²) >= 11 is 5.87. The van der Waals surface area contributed by atoms with Gasteiger partial charge < -0.3 is 4.74 Å². The minimum absolute atomic E-state index is 0.0869. The summed E-state index contributed by atoms with van der Waals surface area (Å²) in [4.78, 5) is 13.6. The molecule has 1 aromatic carbocycles. The van der Waals surface area contributed by atoms with Crippen molar-refractivity contribution in [2.75, 3.05) is 13.1 Å². The molecular formula is C15H20ClNO2. The van der Waals surface area contributed by atoms with Crippen molar-refractivity contribution < 1.29 is 9.53 Å². The number of piperidine rings is 1. The van der Waals surface area contributed by atoms with Crippen LogP contribution in [0.25, 0.3) is 0 Å². The van der Waals surface area contributed by atoms with E-state index in [1.54, 1.807) is 0 Å². The molecule has 0 radical (unpaired) electrons. The number of hydrogen-bond donors (Lipinski definition) is 0. The Morgan fingerprint density at radius 2 is 1.95 bits per heavy atom. The van der Waals surface area contributed by atoms with E-state index in [1.165, 1.54) is 5.56 Å². The topological polar surface area (TPSA) is 29.5 Å². The first-order valence-electron chi connectivity index (χ1n) is 6.83. The molecule has 0 unspecified atom stereocenters. The van der Waals surface area contributed by atoms with Crippen LogP contribution in [0.3, 0.4) is 0 Å². The minimum Gasteiger partial charge on any atom is -0.462 e. The maximum Gasteiger partial charge on any atom is 0.305 e. The Kier molecular flexibility index (Phi) is 5.23. The maximum atomic E-state index is 11.2. The zero-order valence-electron chi connectivity index (χ0n) is 11.3. The fourth-order valence-corrected chi connectivity index (χ4v) is 2.43. The van der Waals surface area contributed by atoms with Crippen LogP contribution in [0.2, 0.25) is 5.02 Å². The van der Waals surface area contributed by atoms with Gasteiger partial charge in [-0.3, -0.25) is 9.69 Å². The molecule has 104 valence electrons. The molecular weight excluding hydrogens is 262 g/mol. The molecule has 1 aliphatic heterocycles. The Hall–Kier alpha value is -1.06. The molecule has 1 saturated heterocycles. The number of likely N-dealkylation sites (tertiary alicyclic amines) is 1. The van der Waals surface area contributed by atoms with Crippen molar-refractivity contribution in [3.63, 3.8) is 0 Å². The third-order valence-electron chi connectivity index (χ3n) is 3.44. The summed E-state index contributed by atoms with van der Waals surface area (Å²) in [6.07, 6.45) is 2.43. The van der Waals surface area contributed by atoms with Gasteiger partial charge in [0, 0.05) is 31.1 Å². The van der Waals surface area contributed by atoms with Crippen molar-refractivity contribution in [2.24, 2.45) is 0 Å². The largest absolute Gasteiger partial charge is 0.462 e. The third-order valence-corrected chi connectivity index (χ3v) is 3.69. The standard InChI is InChI=1S/C15H20ClNO2/c1-2-15(18)19-14-7-9-17(10-8-14)11-12-3-5-13(16)6-4-12/h3-6,14H,2,7-11H2,1H3. The van der Waals surface area contributed by atoms with Gasteiger partial charge in [0.05, 0.1) is 0 Å². The maximum absolute atomic E-state index is 11.2. The zero-order chi connectivity index (χ0) is 13.7. The molecule has 0 saturated carbocycles. The van der Waals surface area contributed by atoms with E-state index in [2.05, 4.69) is 17.0 Å². The quantitative estimate of drug-likeness (QED) is 0.794. The fourth-order valence-electron chi connectivity index (χ4n) is 2.30. The molecule has 0 amide bonds. The lowest BCUT2D eigenvalue weighted by molar-refractivity contribution is -0.150. The van der Waals surface area contributed by atoms with Crippen molar-refractivity contribution in [1.82, 2.24) is 4.90 Å². The van der Waals surface area contributed by atoms with Gasteiger partial charge in [0.2, 0.25) is 0 Å². The summed E-state index contributed by atoms with van der Waals surface area (Å²) in [7, 11) is 0. The number of benzene rings is 1. The highest BCUT2D eigenvalue weighted by molar-refractivity contribution is 6.30. The Labute approximate surface area is 119 Å². The summed E-state index contributed by atoms with van der Waals surface area (Å²) in [6.45, 7) is 4.72. The molecule has 19 heavy (non-hydrogen) atoms. The van der Waals surface area contributed by atoms with Gasteiger partial charge >= 0.3 is 5.97 Å². The lowest BCUT2D eigenvalue weighted by Crippen LogP contribution is -2.37. The first-order chi connectivity index (χ1) is 9.17. The summed E-state index contributed by atoms with van der Waals surface area (Å²) < 4.78 is 5.37. The van der Waals surface area contributed by atoms with E-state index in [0.29, 0.717) is 6.42 Å². The van der Waals surface area contributed by atoms with Crippen molar-refractivity contribution in [1.29, 1.82) is 0 Å². The molecule has 3 nitrogen and oxygen atoms in total. The van der Waals surface area contributed by atoms with Crippen LogP contribution >= 0.6 is 11.6 Å². The summed E-state index contributed by atoms with van der Waals surface area (Å²) in [5.74, 6) is -0.0869. The predicted molar refractivity (Wildman–Crippen MR) is 76.1 cm³/mol. The second-order valence-corrected chi connectivity index (χ2v) is 5.38. The molecule has 0 bridgehead atoms. The molecule has 1 aliphatic rings. The Balaban J connectivity index is 1.77. The Morgan fingerprint density at radius 3 is 2.53 bits per heavy atom. The number of nitrogens with zero attached hydrogens (tertiary/aromatic N) is 1. The number of halogens is 1. The van der Waals surface area contributed by atoms with Crippen molar-refractivity contribution in [3.8, 4) is 0 Å². The SMILES string of the molecule is CCC(=O)OC1CCN(Cc2ccc(Cl)cc2)CC1. The number of carbonyl (C=O) groups excluding carboxylic acids is 1. The van der Waals surface area contributed by atoms with E-state index in [4.69, 9.17) is 16.3 Å². The molecule has 4 heteroatoms. The highest BCUT2D eigenvalue weighted by Crippen LogP contribution is 2.17. The predicted octanol–water partition coefficient (Wildman–Crippen LogP) is 3.26. The van der Waals surface area contributed by atoms with Gasteiger partial charge in [-0.1, -0.05) is 30.7 Å². The Morgan fingerprint density at radius 1 is 1.32 bits per heavy atom. The average Bonchev–Trinajstić information content (AvgIpc) is 2.43. The molecule has 1 aromatic rings. The average molecular weight is 282 g/mol. The van der Waals surface area contributed by atoms with Gasteiger partial charge in [-0.15, -0.1) is 0 Å². The van der Waals surface area contributed by atoms with Crippen molar-refractivity contribution in [2.45, 2.75) is 38.8 Å². The van der Waals surface area contributed by atoms with E-state index in [1.807, 2.05) is 19.1 Å². The van der Waals surface area contributed by atoms with Crippen LogP contribution in [0.15, 0.2) is 24.3 Å². The lowest BCUT2D eigenvalue weighted by Gasteiger charge is -2.31. The molecule has 0 aliphatic carbocycles. The highest BCUT2D eigenvalue weighted by atomic mass is 35.5. The highest BCUT2D eigenvalue weighted by Gasteiger charge is 2.21. The second kappa shape index (κ2) is 6.92. The van der Waals surface area contributed by atoms with Crippen LogP contribution in [0.1, 0.15) is 31.7 Å². The van der Waals surface area contributed by atoms with Crippen molar-refractivity contribution in [3.05, 3.63) is 34.9 Å². The first-order valence-corrected chi connectivity index (χ1v) is 7.21. The summed E-state index contributed by atoms with van der Waals surface area (Å²) in [5.41, 5.74) is 1.27. The van der Waals surface area contributed by atoms with E-state index >= 15 is 0 Å². The minimum atomic E-state index is -0.0869. The van der Waals surface area contributed by atoms with Crippen LogP contribution < -0.4 is 0 Å². The van der Waals surface area contributed by atoms with Gasteiger partial charge in [0.25, 0.3) is 0 Å². The van der Waals surface area contributed by atoms with Gasteiger partial charge in [-0.05, 0) is 30.5 Å². The van der Waals surface area contributed by atoms with E-state index in [-0.39, 0.29) is 12.1 Å². The lowest BCUT2D eigenvalue weighted by atomic mass is 10.1. The third kappa shape index (κ3) is 4.51. The summed E-state index contributed by atoms with van der Waals surface area (Å²) in [6, 6.07) is 7.97. The molecule has 2 rings (SSSR count). The van der Waals surface area contributed by atoms with E-state index < -0.39 is 0 Å². The van der Waals surface area contributed by atoms with Crippen LogP contribution in [0, 0.1) is 0 Å². The summed E-state index contributed by atoms with van der Waals surface area (Å²) in [5, 5.41) is 0.772. The molecule has 0 aromatic heterocycles. The van der Waals surface area contributed by atoms with Gasteiger partial charge in [0.15, 0.2) is 0 Å². The first kappa shape index (κ1) is 14.4. The van der Waals surface area contributed by atoms with Crippen molar-refractivity contribution >= 4 is 17.6 Å². The van der Waals surface area contributed by atoms with Gasteiger partial charge in [0.1, 0.15) is 6.10 Å². The van der Waals surface area contributed by atoms with Gasteiger partial charge in [-0.25, -0.2) is 0 Å². The number of carbonyl (C=O) groups is 1. The van der Waals surface area contributed by atoms with Gasteiger partial charge in [-0.2, -0.15) is 0 Å². The number of esters is 1. The van der Waals surface area contributed by atoms with Crippen LogP contribution in [-0.2, 0) is 16.1 Å². The number of rotatable bonds is 4. The monoisotopic (exact) mass is 281 g/mol. The molecule has 1 fully saturated rings. The second-order valence-electron chi connectivity index (χ2n) is 4.95. The Bertz CT molecular complexity index is 411. The van der Waals surface area contributed by atoms with Crippen LogP contribution in [0.4, 0.5) is 0 Å². The molecule has 0 atom stereocenters. The number of hydrogen-bond acceptors (Lipinski definition) is 3. The number of ether oxygens (including phenoxy) is 1. The van der Waals surface area contributed by atoms with E-state index in [0.717, 1.165) is 37.5 Å². The normalized spacial score (nSPS) is 17.4. The van der Waals surface area contributed by atoms with Crippen LogP contribution in [-0.4, -0.2) is 30.1 Å². The molecule has 0 spiro atoms. The molecule has 0 N–H and O–H groups in total. The fraction of sp³-hybridized carbons (Fsp3) is 0.533. The zero-order valence-corrected chi connectivity index (χ0v) is 12.0.